The Morgan fingerprint density at radius 1 is 1.40 bits per heavy atom. The summed E-state index contributed by atoms with van der Waals surface area (Å²) in [7, 11) is 2.11. The Kier molecular flexibility index (Phi) is 5.79. The van der Waals surface area contributed by atoms with E-state index in [4.69, 9.17) is 12.2 Å². The molecule has 0 unspecified atom stereocenters. The fourth-order valence-corrected chi connectivity index (χ4v) is 3.25. The van der Waals surface area contributed by atoms with E-state index in [-0.39, 0.29) is 0 Å². The lowest BCUT2D eigenvalue weighted by molar-refractivity contribution is 0.184. The van der Waals surface area contributed by atoms with Crippen molar-refractivity contribution in [3.63, 3.8) is 0 Å². The third kappa shape index (κ3) is 3.82. The fourth-order valence-electron chi connectivity index (χ4n) is 2.39. The van der Waals surface area contributed by atoms with Gasteiger partial charge in [-0.1, -0.05) is 31.5 Å². The lowest BCUT2D eigenvalue weighted by atomic mass is 9.75. The van der Waals surface area contributed by atoms with Crippen molar-refractivity contribution in [1.29, 1.82) is 0 Å². The second kappa shape index (κ2) is 6.36. The SMILES string of the molecule is CSC(=S)N(C)CC1(CS)CCCCC1. The molecule has 4 heteroatoms. The maximum atomic E-state index is 5.31. The molecule has 1 nitrogen and oxygen atoms in total. The molecule has 15 heavy (non-hydrogen) atoms. The number of thiocarbonyl (C=S) groups is 1. The highest BCUT2D eigenvalue weighted by Gasteiger charge is 2.32. The van der Waals surface area contributed by atoms with E-state index in [0.29, 0.717) is 5.41 Å². The lowest BCUT2D eigenvalue weighted by Crippen LogP contribution is -2.40. The van der Waals surface area contributed by atoms with Crippen LogP contribution >= 0.6 is 36.6 Å². The topological polar surface area (TPSA) is 3.24 Å². The summed E-state index contributed by atoms with van der Waals surface area (Å²) in [5.74, 6) is 0.994. The first kappa shape index (κ1) is 13.7. The number of hydrogen-bond acceptors (Lipinski definition) is 3. The molecule has 0 atom stereocenters. The van der Waals surface area contributed by atoms with Gasteiger partial charge in [0, 0.05) is 13.6 Å². The van der Waals surface area contributed by atoms with Crippen LogP contribution in [0.1, 0.15) is 32.1 Å². The molecule has 0 aliphatic heterocycles. The molecule has 1 rings (SSSR count). The van der Waals surface area contributed by atoms with E-state index in [1.54, 1.807) is 11.8 Å². The Morgan fingerprint density at radius 2 is 2.00 bits per heavy atom. The van der Waals surface area contributed by atoms with Crippen LogP contribution in [0.3, 0.4) is 0 Å². The van der Waals surface area contributed by atoms with Gasteiger partial charge in [0.25, 0.3) is 0 Å². The smallest absolute Gasteiger partial charge is 0.135 e. The molecule has 88 valence electrons. The van der Waals surface area contributed by atoms with Crippen molar-refractivity contribution in [2.45, 2.75) is 32.1 Å². The van der Waals surface area contributed by atoms with Crippen LogP contribution < -0.4 is 0 Å². The van der Waals surface area contributed by atoms with Gasteiger partial charge in [0.05, 0.1) is 0 Å². The molecule has 1 aliphatic carbocycles. The second-order valence-electron chi connectivity index (χ2n) is 4.54. The van der Waals surface area contributed by atoms with Crippen molar-refractivity contribution in [2.24, 2.45) is 5.41 Å². The van der Waals surface area contributed by atoms with Crippen LogP contribution in [-0.2, 0) is 0 Å². The summed E-state index contributed by atoms with van der Waals surface area (Å²) in [4.78, 5) is 2.22. The lowest BCUT2D eigenvalue weighted by Gasteiger charge is -2.39. The van der Waals surface area contributed by atoms with E-state index in [9.17, 15) is 0 Å². The first-order chi connectivity index (χ1) is 7.13. The number of nitrogens with zero attached hydrogens (tertiary/aromatic N) is 1. The van der Waals surface area contributed by atoms with Gasteiger partial charge in [0.1, 0.15) is 4.32 Å². The molecular weight excluding hydrogens is 242 g/mol. The van der Waals surface area contributed by atoms with E-state index in [1.165, 1.54) is 32.1 Å². The van der Waals surface area contributed by atoms with E-state index in [2.05, 4.69) is 24.6 Å². The fraction of sp³-hybridized carbons (Fsp3) is 0.909. The minimum absolute atomic E-state index is 0.413. The number of hydrogen-bond donors (Lipinski definition) is 1. The van der Waals surface area contributed by atoms with E-state index in [1.807, 2.05) is 6.26 Å². The molecule has 0 radical (unpaired) electrons. The van der Waals surface area contributed by atoms with Crippen molar-refractivity contribution in [3.8, 4) is 0 Å². The van der Waals surface area contributed by atoms with E-state index >= 15 is 0 Å². The predicted octanol–water partition coefficient (Wildman–Crippen LogP) is 3.45. The summed E-state index contributed by atoms with van der Waals surface area (Å²) in [6, 6.07) is 0. The van der Waals surface area contributed by atoms with Gasteiger partial charge in [-0.2, -0.15) is 12.6 Å². The van der Waals surface area contributed by atoms with Gasteiger partial charge < -0.3 is 4.90 Å². The van der Waals surface area contributed by atoms with Gasteiger partial charge in [-0.25, -0.2) is 0 Å². The first-order valence-corrected chi connectivity index (χ1v) is 7.80. The Hall–Kier alpha value is 0.590. The summed E-state index contributed by atoms with van der Waals surface area (Å²) in [6.07, 6.45) is 8.80. The highest BCUT2D eigenvalue weighted by atomic mass is 32.2. The highest BCUT2D eigenvalue weighted by Crippen LogP contribution is 2.38. The van der Waals surface area contributed by atoms with Crippen molar-refractivity contribution < 1.29 is 0 Å². The van der Waals surface area contributed by atoms with Crippen LogP contribution in [0, 0.1) is 5.41 Å². The molecule has 0 saturated heterocycles. The molecule has 0 amide bonds. The molecule has 1 saturated carbocycles. The van der Waals surface area contributed by atoms with Crippen molar-refractivity contribution in [1.82, 2.24) is 4.90 Å². The molecule has 0 aromatic heterocycles. The van der Waals surface area contributed by atoms with Gasteiger partial charge in [-0.05, 0) is 30.3 Å². The van der Waals surface area contributed by atoms with E-state index in [0.717, 1.165) is 16.6 Å². The maximum Gasteiger partial charge on any atom is 0.135 e. The average molecular weight is 263 g/mol. The summed E-state index contributed by atoms with van der Waals surface area (Å²) < 4.78 is 1.00. The van der Waals surface area contributed by atoms with Crippen molar-refractivity contribution in [3.05, 3.63) is 0 Å². The molecule has 1 aliphatic rings. The highest BCUT2D eigenvalue weighted by molar-refractivity contribution is 8.22. The van der Waals surface area contributed by atoms with Gasteiger partial charge >= 0.3 is 0 Å². The van der Waals surface area contributed by atoms with Crippen LogP contribution in [0.5, 0.6) is 0 Å². The minimum atomic E-state index is 0.413. The van der Waals surface area contributed by atoms with Gasteiger partial charge in [-0.3, -0.25) is 0 Å². The zero-order valence-electron chi connectivity index (χ0n) is 9.66. The van der Waals surface area contributed by atoms with Gasteiger partial charge in [0.2, 0.25) is 0 Å². The number of thioether (sulfide) groups is 1. The largest absolute Gasteiger partial charge is 0.360 e. The normalized spacial score (nSPS) is 19.9. The zero-order valence-corrected chi connectivity index (χ0v) is 12.2. The molecule has 0 bridgehead atoms. The van der Waals surface area contributed by atoms with Crippen molar-refractivity contribution in [2.75, 3.05) is 25.6 Å². The van der Waals surface area contributed by atoms with Crippen LogP contribution in [0.15, 0.2) is 0 Å². The van der Waals surface area contributed by atoms with Gasteiger partial charge in [-0.15, -0.1) is 11.8 Å². The molecule has 0 heterocycles. The summed E-state index contributed by atoms with van der Waals surface area (Å²) >= 11 is 11.5. The third-order valence-corrected chi connectivity index (χ3v) is 5.45. The van der Waals surface area contributed by atoms with E-state index < -0.39 is 0 Å². The number of thiol groups is 1. The van der Waals surface area contributed by atoms with Crippen molar-refractivity contribution >= 4 is 40.9 Å². The molecule has 0 N–H and O–H groups in total. The molecular formula is C11H21NS3. The quantitative estimate of drug-likeness (QED) is 0.614. The van der Waals surface area contributed by atoms with Crippen LogP contribution in [0.4, 0.5) is 0 Å². The average Bonchev–Trinajstić information content (AvgIpc) is 2.29. The first-order valence-electron chi connectivity index (χ1n) is 5.53. The Balaban J connectivity index is 2.54. The Morgan fingerprint density at radius 3 is 2.47 bits per heavy atom. The number of rotatable bonds is 3. The second-order valence-corrected chi connectivity index (χ2v) is 6.30. The summed E-state index contributed by atoms with van der Waals surface area (Å²) in [5.41, 5.74) is 0.413. The van der Waals surface area contributed by atoms with Crippen LogP contribution in [0.25, 0.3) is 0 Å². The van der Waals surface area contributed by atoms with Crippen LogP contribution in [-0.4, -0.2) is 34.8 Å². The summed E-state index contributed by atoms with van der Waals surface area (Å²) in [5, 5.41) is 0. The monoisotopic (exact) mass is 263 g/mol. The zero-order chi connectivity index (χ0) is 11.3. The third-order valence-electron chi connectivity index (χ3n) is 3.31. The van der Waals surface area contributed by atoms with Gasteiger partial charge in [0.15, 0.2) is 0 Å². The molecule has 0 aromatic rings. The Bertz CT molecular complexity index is 212. The maximum absolute atomic E-state index is 5.31. The molecule has 0 aromatic carbocycles. The standard InChI is InChI=1S/C11H21NS3/c1-12(10(14)15-2)8-11(9-13)6-4-3-5-7-11/h13H,3-9H2,1-2H3. The minimum Gasteiger partial charge on any atom is -0.360 e. The molecule has 0 spiro atoms. The summed E-state index contributed by atoms with van der Waals surface area (Å²) in [6.45, 7) is 1.08. The molecule has 1 fully saturated rings. The van der Waals surface area contributed by atoms with Crippen LogP contribution in [0.2, 0.25) is 0 Å². The Labute approximate surface area is 109 Å². The predicted molar refractivity (Wildman–Crippen MR) is 78.1 cm³/mol.